The van der Waals surface area contributed by atoms with Gasteiger partial charge in [0, 0.05) is 76.1 Å². The van der Waals surface area contributed by atoms with E-state index in [0.717, 1.165) is 73.5 Å². The topological polar surface area (TPSA) is 98.6 Å². The number of nitrogens with zero attached hydrogens (tertiary/aromatic N) is 6. The number of benzene rings is 1. The molecule has 3 aromatic rings. The molecule has 2 aromatic heterocycles. The summed E-state index contributed by atoms with van der Waals surface area (Å²) < 4.78 is 1.64. The molecule has 1 atom stereocenters. The summed E-state index contributed by atoms with van der Waals surface area (Å²) in [5.74, 6) is 0.706. The van der Waals surface area contributed by atoms with E-state index in [9.17, 15) is 9.59 Å². The fourth-order valence-corrected chi connectivity index (χ4v) is 5.76. The summed E-state index contributed by atoms with van der Waals surface area (Å²) in [6.07, 6.45) is 1.71. The van der Waals surface area contributed by atoms with Gasteiger partial charge in [0.05, 0.1) is 16.6 Å². The number of aromatic nitrogens is 3. The Hall–Kier alpha value is -3.12. The smallest absolute Gasteiger partial charge is 0.307 e. The zero-order valence-electron chi connectivity index (χ0n) is 20.9. The largest absolute Gasteiger partial charge is 0.369 e. The van der Waals surface area contributed by atoms with Crippen molar-refractivity contribution in [2.45, 2.75) is 19.9 Å². The van der Waals surface area contributed by atoms with Crippen LogP contribution in [0.3, 0.4) is 0 Å². The molecular formula is C25H32N8O2S. The highest BCUT2D eigenvalue weighted by Crippen LogP contribution is 2.27. The van der Waals surface area contributed by atoms with E-state index in [1.165, 1.54) is 11.3 Å². The van der Waals surface area contributed by atoms with Crippen LogP contribution < -0.4 is 20.4 Å². The molecule has 0 radical (unpaired) electrons. The van der Waals surface area contributed by atoms with Crippen molar-refractivity contribution in [1.29, 1.82) is 0 Å². The van der Waals surface area contributed by atoms with Crippen molar-refractivity contribution in [2.24, 2.45) is 7.05 Å². The first-order valence-corrected chi connectivity index (χ1v) is 13.1. The summed E-state index contributed by atoms with van der Waals surface area (Å²) in [6, 6.07) is 10.0. The second-order valence-corrected chi connectivity index (χ2v) is 10.2. The van der Waals surface area contributed by atoms with Crippen LogP contribution in [0.15, 0.2) is 41.3 Å². The molecule has 5 rings (SSSR count). The Morgan fingerprint density at radius 1 is 1.17 bits per heavy atom. The highest BCUT2D eigenvalue weighted by molar-refractivity contribution is 7.13. The second kappa shape index (κ2) is 10.5. The minimum atomic E-state index is -0.0747. The molecular weight excluding hydrogens is 476 g/mol. The normalized spacial score (nSPS) is 19.4. The molecule has 2 fully saturated rings. The van der Waals surface area contributed by atoms with Crippen LogP contribution in [-0.2, 0) is 11.8 Å². The zero-order chi connectivity index (χ0) is 25.2. The van der Waals surface area contributed by atoms with E-state index < -0.39 is 0 Å². The van der Waals surface area contributed by atoms with Crippen molar-refractivity contribution in [1.82, 2.24) is 29.9 Å². The average molecular weight is 509 g/mol. The number of hydrogen-bond acceptors (Lipinski definition) is 10. The summed E-state index contributed by atoms with van der Waals surface area (Å²) >= 11 is 1.20. The highest BCUT2D eigenvalue weighted by atomic mass is 32.1. The molecule has 1 unspecified atom stereocenters. The van der Waals surface area contributed by atoms with Gasteiger partial charge in [0.1, 0.15) is 5.78 Å². The summed E-state index contributed by atoms with van der Waals surface area (Å²) in [4.78, 5) is 36.4. The predicted molar refractivity (Wildman–Crippen MR) is 143 cm³/mol. The van der Waals surface area contributed by atoms with Crippen molar-refractivity contribution >= 4 is 34.4 Å². The fourth-order valence-electron chi connectivity index (χ4n) is 4.81. The van der Waals surface area contributed by atoms with Gasteiger partial charge in [-0.25, -0.2) is 20.0 Å². The molecule has 11 heteroatoms. The van der Waals surface area contributed by atoms with E-state index >= 15 is 0 Å². The lowest BCUT2D eigenvalue weighted by atomic mass is 10.1. The first kappa shape index (κ1) is 24.6. The van der Waals surface area contributed by atoms with E-state index in [4.69, 9.17) is 0 Å². The van der Waals surface area contributed by atoms with Crippen LogP contribution in [0, 0.1) is 6.92 Å². The molecule has 0 spiro atoms. The summed E-state index contributed by atoms with van der Waals surface area (Å²) in [6.45, 7) is 9.63. The van der Waals surface area contributed by atoms with Gasteiger partial charge in [-0.15, -0.1) is 0 Å². The minimum Gasteiger partial charge on any atom is -0.369 e. The lowest BCUT2D eigenvalue weighted by molar-refractivity contribution is -0.135. The number of hydrogen-bond donors (Lipinski definition) is 2. The Balaban J connectivity index is 1.26. The van der Waals surface area contributed by atoms with Gasteiger partial charge in [-0.05, 0) is 38.1 Å². The van der Waals surface area contributed by atoms with Crippen molar-refractivity contribution < 1.29 is 4.79 Å². The van der Waals surface area contributed by atoms with E-state index in [-0.39, 0.29) is 16.7 Å². The molecule has 0 aliphatic carbocycles. The molecule has 0 saturated carbocycles. The maximum Gasteiger partial charge on any atom is 0.307 e. The molecule has 4 heterocycles. The Morgan fingerprint density at radius 2 is 1.97 bits per heavy atom. The van der Waals surface area contributed by atoms with Gasteiger partial charge in [0.15, 0.2) is 0 Å². The van der Waals surface area contributed by atoms with Crippen molar-refractivity contribution in [3.8, 4) is 10.6 Å². The number of carbonyl (C=O) groups excluding carboxylic acids is 1. The van der Waals surface area contributed by atoms with Crippen molar-refractivity contribution in [2.75, 3.05) is 56.0 Å². The van der Waals surface area contributed by atoms with Crippen LogP contribution in [0.5, 0.6) is 0 Å². The van der Waals surface area contributed by atoms with Gasteiger partial charge in [-0.2, -0.15) is 0 Å². The SMILES string of the molecule is CC(=O)C1CNCCN1N1CCN(c2cccc(Nc3nccc(-c4sc(=O)n(C)c4C)n3)c2)CC1. The monoisotopic (exact) mass is 508 g/mol. The van der Waals surface area contributed by atoms with Gasteiger partial charge in [-0.1, -0.05) is 17.4 Å². The molecule has 36 heavy (non-hydrogen) atoms. The number of hydrazine groups is 1. The quantitative estimate of drug-likeness (QED) is 0.517. The van der Waals surface area contributed by atoms with Gasteiger partial charge >= 0.3 is 4.87 Å². The third-order valence-electron chi connectivity index (χ3n) is 6.95. The van der Waals surface area contributed by atoms with Gasteiger partial charge in [0.2, 0.25) is 5.95 Å². The number of ketones is 1. The molecule has 2 N–H and O–H groups in total. The standard InChI is InChI=1S/C25H32N8O2S/c1-17-23(36-25(35)30(17)3)21-7-8-27-24(29-21)28-19-5-4-6-20(15-19)31-11-13-32(14-12-31)33-10-9-26-16-22(33)18(2)34/h4-8,15,22,26H,9-14,16H2,1-3H3,(H,27,28,29). The van der Waals surface area contributed by atoms with Crippen LogP contribution in [0.1, 0.15) is 12.6 Å². The third kappa shape index (κ3) is 5.05. The molecule has 2 saturated heterocycles. The maximum absolute atomic E-state index is 12.1. The van der Waals surface area contributed by atoms with E-state index in [2.05, 4.69) is 47.7 Å². The van der Waals surface area contributed by atoms with Crippen LogP contribution in [0.25, 0.3) is 10.6 Å². The Labute approximate surface area is 214 Å². The minimum absolute atomic E-state index is 0.00260. The number of anilines is 3. The Morgan fingerprint density at radius 3 is 2.69 bits per heavy atom. The maximum atomic E-state index is 12.1. The van der Waals surface area contributed by atoms with E-state index in [1.807, 2.05) is 25.1 Å². The number of Topliss-reactive ketones (excluding diaryl/α,β-unsaturated/α-hetero) is 1. The van der Waals surface area contributed by atoms with Crippen molar-refractivity contribution in [3.05, 3.63) is 51.9 Å². The second-order valence-electron chi connectivity index (χ2n) is 9.22. The summed E-state index contributed by atoms with van der Waals surface area (Å²) in [5, 5.41) is 11.2. The number of carbonyl (C=O) groups is 1. The predicted octanol–water partition coefficient (Wildman–Crippen LogP) is 1.86. The number of thiazole rings is 1. The molecule has 190 valence electrons. The molecule has 2 aliphatic rings. The first-order valence-electron chi connectivity index (χ1n) is 12.3. The summed E-state index contributed by atoms with van der Waals surface area (Å²) in [7, 11) is 1.77. The fraction of sp³-hybridized carbons (Fsp3) is 0.440. The van der Waals surface area contributed by atoms with Gasteiger partial charge in [0.25, 0.3) is 0 Å². The Bertz CT molecular complexity index is 1300. The molecule has 2 aliphatic heterocycles. The van der Waals surface area contributed by atoms with Crippen molar-refractivity contribution in [3.63, 3.8) is 0 Å². The van der Waals surface area contributed by atoms with E-state index in [1.54, 1.807) is 24.7 Å². The molecule has 10 nitrogen and oxygen atoms in total. The van der Waals surface area contributed by atoms with Crippen LogP contribution in [0.4, 0.5) is 17.3 Å². The lowest BCUT2D eigenvalue weighted by Gasteiger charge is -2.46. The third-order valence-corrected chi connectivity index (χ3v) is 8.11. The van der Waals surface area contributed by atoms with Crippen LogP contribution in [-0.4, -0.2) is 82.2 Å². The Kier molecular flexibility index (Phi) is 7.15. The lowest BCUT2D eigenvalue weighted by Crippen LogP contribution is -2.64. The van der Waals surface area contributed by atoms with Crippen LogP contribution >= 0.6 is 11.3 Å². The first-order chi connectivity index (χ1) is 17.4. The van der Waals surface area contributed by atoms with Gasteiger partial charge < -0.3 is 20.1 Å². The summed E-state index contributed by atoms with van der Waals surface area (Å²) in [5.41, 5.74) is 3.67. The highest BCUT2D eigenvalue weighted by Gasteiger charge is 2.32. The molecule has 0 bridgehead atoms. The number of piperazine rings is 2. The average Bonchev–Trinajstić information content (AvgIpc) is 3.16. The number of rotatable bonds is 6. The number of nitrogens with one attached hydrogen (secondary N) is 2. The van der Waals surface area contributed by atoms with Crippen LogP contribution in [0.2, 0.25) is 0 Å². The molecule has 0 amide bonds. The van der Waals surface area contributed by atoms with E-state index in [0.29, 0.717) is 5.95 Å². The van der Waals surface area contributed by atoms with Gasteiger partial charge in [-0.3, -0.25) is 9.59 Å². The zero-order valence-corrected chi connectivity index (χ0v) is 21.7. The molecule has 1 aromatic carbocycles.